The van der Waals surface area contributed by atoms with Crippen LogP contribution in [0.5, 0.6) is 5.88 Å². The number of carbonyl (C=O) groups is 1. The van der Waals surface area contributed by atoms with Crippen LogP contribution >= 0.6 is 0 Å². The van der Waals surface area contributed by atoms with E-state index in [0.29, 0.717) is 6.54 Å². The van der Waals surface area contributed by atoms with Gasteiger partial charge in [0.1, 0.15) is 17.4 Å². The van der Waals surface area contributed by atoms with E-state index in [1.165, 1.54) is 19.4 Å². The molecule has 9 nitrogen and oxygen atoms in total. The van der Waals surface area contributed by atoms with E-state index in [0.717, 1.165) is 42.0 Å². The molecule has 4 heterocycles. The number of nitrogens with zero attached hydrogens (tertiary/aromatic N) is 5. The molecule has 5 rings (SSSR count). The van der Waals surface area contributed by atoms with Crippen LogP contribution in [0.2, 0.25) is 0 Å². The number of ether oxygens (including phenoxy) is 1. The Hall–Kier alpha value is -4.35. The molecule has 3 aromatic heterocycles. The lowest BCUT2D eigenvalue weighted by atomic mass is 10.0. The number of nitrogen functional groups attached to an aromatic ring is 1. The van der Waals surface area contributed by atoms with Gasteiger partial charge in [0, 0.05) is 36.6 Å². The number of anilines is 2. The van der Waals surface area contributed by atoms with Crippen molar-refractivity contribution in [2.24, 2.45) is 0 Å². The number of carbonyl (C=O) groups excluding carboxylic acids is 1. The summed E-state index contributed by atoms with van der Waals surface area (Å²) in [7, 11) is 1.37. The van der Waals surface area contributed by atoms with Gasteiger partial charge in [0.05, 0.1) is 18.4 Å². The number of nitrogens with one attached hydrogen (secondary N) is 1. The largest absolute Gasteiger partial charge is 0.480 e. The van der Waals surface area contributed by atoms with Gasteiger partial charge in [-0.2, -0.15) is 18.3 Å². The van der Waals surface area contributed by atoms with Crippen molar-refractivity contribution in [3.05, 3.63) is 66.1 Å². The number of nitrogens with two attached hydrogens (primary N) is 1. The number of fused-ring (bicyclic) bond motifs is 1. The zero-order valence-corrected chi connectivity index (χ0v) is 19.9. The summed E-state index contributed by atoms with van der Waals surface area (Å²) in [5.41, 5.74) is 5.88. The van der Waals surface area contributed by atoms with Crippen molar-refractivity contribution in [1.29, 1.82) is 0 Å². The van der Waals surface area contributed by atoms with Gasteiger partial charge in [0.15, 0.2) is 5.82 Å². The first-order valence-electron chi connectivity index (χ1n) is 11.6. The van der Waals surface area contributed by atoms with Crippen LogP contribution in [0.15, 0.2) is 55.0 Å². The molecule has 0 spiro atoms. The number of alkyl halides is 3. The monoisotopic (exact) mass is 511 g/mol. The van der Waals surface area contributed by atoms with Crippen LogP contribution in [0.4, 0.5) is 24.7 Å². The summed E-state index contributed by atoms with van der Waals surface area (Å²) in [6.45, 7) is 1.50. The van der Waals surface area contributed by atoms with Crippen LogP contribution in [0, 0.1) is 0 Å². The molecule has 1 atom stereocenters. The molecule has 4 aromatic rings. The summed E-state index contributed by atoms with van der Waals surface area (Å²) in [5.74, 6) is -0.687. The number of para-hydroxylation sites is 1. The van der Waals surface area contributed by atoms with Crippen molar-refractivity contribution in [2.45, 2.75) is 25.1 Å². The van der Waals surface area contributed by atoms with Crippen LogP contribution in [0.3, 0.4) is 0 Å². The Morgan fingerprint density at radius 2 is 1.97 bits per heavy atom. The van der Waals surface area contributed by atoms with Gasteiger partial charge in [-0.05, 0) is 37.1 Å². The highest BCUT2D eigenvalue weighted by Crippen LogP contribution is 2.39. The Labute approximate surface area is 210 Å². The SMILES string of the molecule is COc1ncc(-c2cc(C(F)(F)F)c3c(N)ncnn23)cc1C(=O)NC1CCCN(c2ccccc2)C1. The third-order valence-electron chi connectivity index (χ3n) is 6.35. The molecule has 1 aliphatic rings. The number of benzene rings is 1. The molecular formula is C25H24F3N7O2. The minimum absolute atomic E-state index is 0.0584. The standard InChI is InChI=1S/C25H24F3N7O2/c1-37-24-18(23(36)33-16-6-5-9-34(13-16)17-7-3-2-4-8-17)10-15(12-30-24)20-11-19(25(26,27)28)21-22(29)31-14-32-35(20)21/h2-4,7-8,10-12,14,16H,5-6,9,13H2,1H3,(H,33,36)(H2,29,31,32). The highest BCUT2D eigenvalue weighted by atomic mass is 19.4. The second-order valence-electron chi connectivity index (χ2n) is 8.72. The fourth-order valence-corrected chi connectivity index (χ4v) is 4.64. The Morgan fingerprint density at radius 3 is 2.70 bits per heavy atom. The summed E-state index contributed by atoms with van der Waals surface area (Å²) in [6, 6.07) is 12.2. The molecule has 192 valence electrons. The van der Waals surface area contributed by atoms with Crippen LogP contribution in [0.25, 0.3) is 16.8 Å². The van der Waals surface area contributed by atoms with E-state index in [9.17, 15) is 18.0 Å². The van der Waals surface area contributed by atoms with Crippen LogP contribution in [-0.2, 0) is 6.18 Å². The van der Waals surface area contributed by atoms with Crippen molar-refractivity contribution < 1.29 is 22.7 Å². The first kappa shape index (κ1) is 24.3. The van der Waals surface area contributed by atoms with Crippen molar-refractivity contribution in [2.75, 3.05) is 30.8 Å². The average Bonchev–Trinajstić information content (AvgIpc) is 3.31. The Kier molecular flexibility index (Phi) is 6.32. The van der Waals surface area contributed by atoms with Gasteiger partial charge < -0.3 is 20.7 Å². The molecule has 1 aliphatic heterocycles. The van der Waals surface area contributed by atoms with E-state index in [2.05, 4.69) is 25.3 Å². The van der Waals surface area contributed by atoms with Gasteiger partial charge in [-0.15, -0.1) is 0 Å². The fraction of sp³-hybridized carbons (Fsp3) is 0.280. The molecule has 0 bridgehead atoms. The molecule has 1 fully saturated rings. The summed E-state index contributed by atoms with van der Waals surface area (Å²) >= 11 is 0. The molecule has 1 amide bonds. The van der Waals surface area contributed by atoms with Crippen molar-refractivity contribution in [3.63, 3.8) is 0 Å². The molecule has 0 radical (unpaired) electrons. The maximum absolute atomic E-state index is 13.7. The lowest BCUT2D eigenvalue weighted by Gasteiger charge is -2.34. The Balaban J connectivity index is 1.46. The summed E-state index contributed by atoms with van der Waals surface area (Å²) < 4.78 is 47.6. The predicted molar refractivity (Wildman–Crippen MR) is 131 cm³/mol. The predicted octanol–water partition coefficient (Wildman–Crippen LogP) is 3.80. The first-order valence-corrected chi connectivity index (χ1v) is 11.6. The van der Waals surface area contributed by atoms with Gasteiger partial charge in [-0.25, -0.2) is 14.5 Å². The summed E-state index contributed by atoms with van der Waals surface area (Å²) in [5, 5.41) is 6.99. The van der Waals surface area contributed by atoms with Gasteiger partial charge in [0.2, 0.25) is 5.88 Å². The third kappa shape index (κ3) is 4.74. The molecule has 1 aromatic carbocycles. The van der Waals surface area contributed by atoms with E-state index in [4.69, 9.17) is 10.5 Å². The molecule has 1 unspecified atom stereocenters. The van der Waals surface area contributed by atoms with E-state index in [1.54, 1.807) is 0 Å². The number of piperidine rings is 1. The Bertz CT molecular complexity index is 1440. The van der Waals surface area contributed by atoms with Crippen LogP contribution in [0.1, 0.15) is 28.8 Å². The van der Waals surface area contributed by atoms with Crippen LogP contribution < -0.4 is 20.7 Å². The Morgan fingerprint density at radius 1 is 1.19 bits per heavy atom. The number of amides is 1. The number of hydrogen-bond acceptors (Lipinski definition) is 7. The molecule has 37 heavy (non-hydrogen) atoms. The lowest BCUT2D eigenvalue weighted by Crippen LogP contribution is -2.47. The summed E-state index contributed by atoms with van der Waals surface area (Å²) in [6.07, 6.45) is -0.606. The molecule has 0 saturated carbocycles. The van der Waals surface area contributed by atoms with Crippen molar-refractivity contribution >= 4 is 22.9 Å². The van der Waals surface area contributed by atoms with E-state index < -0.39 is 17.6 Å². The zero-order valence-electron chi connectivity index (χ0n) is 19.9. The van der Waals surface area contributed by atoms with Gasteiger partial charge in [-0.1, -0.05) is 18.2 Å². The number of pyridine rings is 1. The number of methoxy groups -OCH3 is 1. The van der Waals surface area contributed by atoms with Gasteiger partial charge >= 0.3 is 6.18 Å². The molecule has 0 aliphatic carbocycles. The maximum Gasteiger partial charge on any atom is 0.418 e. The minimum atomic E-state index is -4.69. The highest BCUT2D eigenvalue weighted by molar-refractivity contribution is 5.98. The first-order chi connectivity index (χ1) is 17.8. The zero-order chi connectivity index (χ0) is 26.2. The second kappa shape index (κ2) is 9.60. The van der Waals surface area contributed by atoms with Gasteiger partial charge in [-0.3, -0.25) is 4.79 Å². The lowest BCUT2D eigenvalue weighted by molar-refractivity contribution is -0.136. The topological polar surface area (TPSA) is 111 Å². The van der Waals surface area contributed by atoms with Crippen molar-refractivity contribution in [1.82, 2.24) is 24.9 Å². The normalized spacial score (nSPS) is 16.1. The third-order valence-corrected chi connectivity index (χ3v) is 6.35. The van der Waals surface area contributed by atoms with E-state index in [1.807, 2.05) is 30.3 Å². The second-order valence-corrected chi connectivity index (χ2v) is 8.72. The molecule has 3 N–H and O–H groups in total. The molecule has 1 saturated heterocycles. The quantitative estimate of drug-likeness (QED) is 0.419. The van der Waals surface area contributed by atoms with Gasteiger partial charge in [0.25, 0.3) is 5.91 Å². The van der Waals surface area contributed by atoms with Crippen molar-refractivity contribution in [3.8, 4) is 17.1 Å². The fourth-order valence-electron chi connectivity index (χ4n) is 4.64. The number of halogens is 3. The highest BCUT2D eigenvalue weighted by Gasteiger charge is 2.37. The number of rotatable bonds is 5. The molecule has 12 heteroatoms. The summed E-state index contributed by atoms with van der Waals surface area (Å²) in [4.78, 5) is 23.4. The average molecular weight is 512 g/mol. The van der Waals surface area contributed by atoms with E-state index >= 15 is 0 Å². The van der Waals surface area contributed by atoms with E-state index in [-0.39, 0.29) is 40.1 Å². The maximum atomic E-state index is 13.7. The number of hydrogen-bond donors (Lipinski definition) is 2. The number of aromatic nitrogens is 4. The van der Waals surface area contributed by atoms with Crippen LogP contribution in [-0.4, -0.2) is 51.7 Å². The minimum Gasteiger partial charge on any atom is -0.480 e. The molecular weight excluding hydrogens is 487 g/mol. The smallest absolute Gasteiger partial charge is 0.418 e.